The van der Waals surface area contributed by atoms with Crippen molar-refractivity contribution in [2.24, 2.45) is 0 Å². The van der Waals surface area contributed by atoms with E-state index in [2.05, 4.69) is 62.1 Å². The van der Waals surface area contributed by atoms with Crippen molar-refractivity contribution < 1.29 is 9.84 Å². The Kier molecular flexibility index (Phi) is 6.35. The lowest BCUT2D eigenvalue weighted by Gasteiger charge is -2.39. The summed E-state index contributed by atoms with van der Waals surface area (Å²) in [5.74, 6) is 0. The molecule has 1 N–H and O–H groups in total. The van der Waals surface area contributed by atoms with Crippen LogP contribution in [0.1, 0.15) is 38.8 Å². The van der Waals surface area contributed by atoms with E-state index >= 15 is 0 Å². The van der Waals surface area contributed by atoms with Gasteiger partial charge in [0.1, 0.15) is 0 Å². The predicted molar refractivity (Wildman–Crippen MR) is 123 cm³/mol. The summed E-state index contributed by atoms with van der Waals surface area (Å²) in [4.78, 5) is 4.28. The minimum absolute atomic E-state index is 0.410. The summed E-state index contributed by atoms with van der Waals surface area (Å²) in [7, 11) is 1.96. The summed E-state index contributed by atoms with van der Waals surface area (Å²) in [6.45, 7) is 11.7. The van der Waals surface area contributed by atoms with Gasteiger partial charge in [0.05, 0.1) is 6.61 Å². The summed E-state index contributed by atoms with van der Waals surface area (Å²) >= 11 is 0. The normalized spacial score (nSPS) is 20.3. The maximum Gasteiger partial charge on any atom is 0.166 e. The smallest absolute Gasteiger partial charge is 0.166 e. The first-order chi connectivity index (χ1) is 13.8. The molecule has 1 aliphatic rings. The monoisotopic (exact) mass is 394 g/mol. The van der Waals surface area contributed by atoms with E-state index in [9.17, 15) is 5.11 Å². The van der Waals surface area contributed by atoms with E-state index in [1.807, 2.05) is 43.2 Å². The van der Waals surface area contributed by atoms with E-state index in [-0.39, 0.29) is 0 Å². The highest BCUT2D eigenvalue weighted by atomic mass is 16.5. The number of hydrogen-bond acceptors (Lipinski definition) is 4. The SMILES string of the molecule is CCOCCN(CC)c1ccc(/C=C/C2(O)N(C)c3ccccc3C2(C)C)cc1. The summed E-state index contributed by atoms with van der Waals surface area (Å²) in [5.41, 5.74) is 3.01. The Morgan fingerprint density at radius 3 is 2.38 bits per heavy atom. The van der Waals surface area contributed by atoms with Gasteiger partial charge in [-0.1, -0.05) is 50.3 Å². The molecule has 4 nitrogen and oxygen atoms in total. The van der Waals surface area contributed by atoms with E-state index in [1.54, 1.807) is 0 Å². The van der Waals surface area contributed by atoms with Crippen molar-refractivity contribution in [1.29, 1.82) is 0 Å². The Morgan fingerprint density at radius 2 is 1.76 bits per heavy atom. The zero-order valence-corrected chi connectivity index (χ0v) is 18.4. The highest BCUT2D eigenvalue weighted by Gasteiger charge is 2.53. The third-order valence-corrected chi connectivity index (χ3v) is 6.23. The van der Waals surface area contributed by atoms with Crippen LogP contribution in [0.3, 0.4) is 0 Å². The molecule has 2 aromatic rings. The van der Waals surface area contributed by atoms with Crippen molar-refractivity contribution in [3.63, 3.8) is 0 Å². The topological polar surface area (TPSA) is 35.9 Å². The number of likely N-dealkylation sites (N-methyl/N-ethyl adjacent to an activating group) is 2. The summed E-state index contributed by atoms with van der Waals surface area (Å²) in [6.07, 6.45) is 3.94. The van der Waals surface area contributed by atoms with Crippen molar-refractivity contribution in [2.75, 3.05) is 43.2 Å². The molecule has 29 heavy (non-hydrogen) atoms. The maximum absolute atomic E-state index is 11.6. The van der Waals surface area contributed by atoms with E-state index < -0.39 is 11.1 Å². The van der Waals surface area contributed by atoms with Crippen LogP contribution in [0.4, 0.5) is 11.4 Å². The molecule has 3 rings (SSSR count). The van der Waals surface area contributed by atoms with Crippen molar-refractivity contribution in [2.45, 2.75) is 38.8 Å². The fourth-order valence-electron chi connectivity index (χ4n) is 4.21. The molecule has 0 spiro atoms. The lowest BCUT2D eigenvalue weighted by atomic mass is 9.77. The van der Waals surface area contributed by atoms with Crippen LogP contribution >= 0.6 is 0 Å². The Bertz CT molecular complexity index is 844. The number of para-hydroxylation sites is 1. The molecule has 156 valence electrons. The van der Waals surface area contributed by atoms with Crippen molar-refractivity contribution in [3.05, 3.63) is 65.7 Å². The molecule has 1 heterocycles. The summed E-state index contributed by atoms with van der Waals surface area (Å²) in [6, 6.07) is 16.7. The largest absolute Gasteiger partial charge is 0.380 e. The van der Waals surface area contributed by atoms with Crippen molar-refractivity contribution >= 4 is 17.5 Å². The van der Waals surface area contributed by atoms with Gasteiger partial charge in [0.15, 0.2) is 5.72 Å². The molecule has 0 bridgehead atoms. The van der Waals surface area contributed by atoms with E-state index in [1.165, 1.54) is 5.69 Å². The first-order valence-electron chi connectivity index (χ1n) is 10.5. The van der Waals surface area contributed by atoms with Gasteiger partial charge in [-0.15, -0.1) is 0 Å². The van der Waals surface area contributed by atoms with E-state index in [4.69, 9.17) is 4.74 Å². The molecular formula is C25H34N2O2. The zero-order chi connectivity index (χ0) is 21.1. The van der Waals surface area contributed by atoms with Crippen LogP contribution in [-0.2, 0) is 10.2 Å². The first kappa shape index (κ1) is 21.4. The van der Waals surface area contributed by atoms with Gasteiger partial charge in [-0.2, -0.15) is 0 Å². The second-order valence-corrected chi connectivity index (χ2v) is 8.13. The summed E-state index contributed by atoms with van der Waals surface area (Å²) < 4.78 is 5.49. The third kappa shape index (κ3) is 3.92. The predicted octanol–water partition coefficient (Wildman–Crippen LogP) is 4.68. The van der Waals surface area contributed by atoms with Crippen LogP contribution in [0.5, 0.6) is 0 Å². The highest BCUT2D eigenvalue weighted by molar-refractivity contribution is 5.68. The number of rotatable bonds is 8. The Labute approximate surface area is 175 Å². The molecule has 0 fully saturated rings. The molecule has 1 unspecified atom stereocenters. The Hall–Kier alpha value is -2.30. The third-order valence-electron chi connectivity index (χ3n) is 6.23. The standard InChI is InChI=1S/C25H34N2O2/c1-6-27(18-19-29-7-2)21-14-12-20(13-15-21)16-17-25(28)24(3,4)22-10-8-9-11-23(22)26(25)5/h8-17,28H,6-7,18-19H2,1-5H3/b17-16+. The summed E-state index contributed by atoms with van der Waals surface area (Å²) in [5, 5.41) is 11.6. The minimum atomic E-state index is -1.08. The van der Waals surface area contributed by atoms with Gasteiger partial charge >= 0.3 is 0 Å². The molecule has 1 aliphatic heterocycles. The molecule has 4 heteroatoms. The molecule has 0 radical (unpaired) electrons. The quantitative estimate of drug-likeness (QED) is 0.660. The second kappa shape index (κ2) is 8.60. The first-order valence-corrected chi connectivity index (χ1v) is 10.5. The van der Waals surface area contributed by atoms with Gasteiger partial charge in [0, 0.05) is 43.5 Å². The number of anilines is 2. The van der Waals surface area contributed by atoms with Gasteiger partial charge in [0.25, 0.3) is 0 Å². The number of nitrogens with zero attached hydrogens (tertiary/aromatic N) is 2. The maximum atomic E-state index is 11.6. The van der Waals surface area contributed by atoms with Gasteiger partial charge in [0.2, 0.25) is 0 Å². The second-order valence-electron chi connectivity index (χ2n) is 8.13. The zero-order valence-electron chi connectivity index (χ0n) is 18.4. The molecule has 1 atom stereocenters. The molecule has 2 aromatic carbocycles. The van der Waals surface area contributed by atoms with Crippen LogP contribution < -0.4 is 9.80 Å². The number of ether oxygens (including phenoxy) is 1. The van der Waals surface area contributed by atoms with Crippen molar-refractivity contribution in [1.82, 2.24) is 0 Å². The number of hydrogen-bond donors (Lipinski definition) is 1. The Morgan fingerprint density at radius 1 is 1.07 bits per heavy atom. The van der Waals surface area contributed by atoms with E-state index in [0.717, 1.165) is 43.1 Å². The highest BCUT2D eigenvalue weighted by Crippen LogP contribution is 2.50. The molecule has 0 saturated heterocycles. The van der Waals surface area contributed by atoms with Crippen LogP contribution in [0.25, 0.3) is 6.08 Å². The molecule has 0 aliphatic carbocycles. The van der Waals surface area contributed by atoms with Crippen molar-refractivity contribution in [3.8, 4) is 0 Å². The van der Waals surface area contributed by atoms with Crippen LogP contribution in [0, 0.1) is 0 Å². The lowest BCUT2D eigenvalue weighted by molar-refractivity contribution is 0.0348. The average molecular weight is 395 g/mol. The number of aliphatic hydroxyl groups is 1. The molecule has 0 amide bonds. The number of fused-ring (bicyclic) bond motifs is 1. The molecule has 0 saturated carbocycles. The van der Waals surface area contributed by atoms with E-state index in [0.29, 0.717) is 0 Å². The molecular weight excluding hydrogens is 360 g/mol. The lowest BCUT2D eigenvalue weighted by Crippen LogP contribution is -2.52. The fraction of sp³-hybridized carbons (Fsp3) is 0.440. The van der Waals surface area contributed by atoms with Gasteiger partial charge < -0.3 is 19.6 Å². The average Bonchev–Trinajstić information content (AvgIpc) is 2.89. The Balaban J connectivity index is 1.78. The van der Waals surface area contributed by atoms with Crippen LogP contribution in [0.2, 0.25) is 0 Å². The minimum Gasteiger partial charge on any atom is -0.380 e. The van der Waals surface area contributed by atoms with Gasteiger partial charge in [-0.3, -0.25) is 0 Å². The van der Waals surface area contributed by atoms with Crippen LogP contribution in [-0.4, -0.2) is 44.2 Å². The van der Waals surface area contributed by atoms with Gasteiger partial charge in [-0.05, 0) is 49.2 Å². The van der Waals surface area contributed by atoms with Gasteiger partial charge in [-0.25, -0.2) is 0 Å². The van der Waals surface area contributed by atoms with Crippen LogP contribution in [0.15, 0.2) is 54.6 Å². The number of benzene rings is 2. The fourth-order valence-corrected chi connectivity index (χ4v) is 4.21. The molecule has 0 aromatic heterocycles.